The Balaban J connectivity index is 1.84. The molecule has 0 unspecified atom stereocenters. The lowest BCUT2D eigenvalue weighted by Gasteiger charge is -2.31. The Bertz CT molecular complexity index is 1380. The first kappa shape index (κ1) is 31.5. The number of nitrogens with one attached hydrogen (secondary N) is 1. The highest BCUT2D eigenvalue weighted by Crippen LogP contribution is 2.23. The lowest BCUT2D eigenvalue weighted by Crippen LogP contribution is -2.49. The number of sulfonamides is 1. The molecule has 0 bridgehead atoms. The van der Waals surface area contributed by atoms with Crippen LogP contribution >= 0.6 is 0 Å². The van der Waals surface area contributed by atoms with Crippen LogP contribution in [0.3, 0.4) is 0 Å². The van der Waals surface area contributed by atoms with Gasteiger partial charge in [0, 0.05) is 33.0 Å². The molecule has 0 aromatic heterocycles. The predicted octanol–water partition coefficient (Wildman–Crippen LogP) is 4.03. The fourth-order valence-corrected chi connectivity index (χ4v) is 5.53. The van der Waals surface area contributed by atoms with E-state index < -0.39 is 16.1 Å². The standard InChI is InChI=1S/C31H39N3O6S/c1-5-40-27-18-16-26(17-19-27)34(41(4,37)38)20-10-15-30(35)33(23-25-13-9-14-28(21-25)39-3)29(31(36)32-2)22-24-11-7-6-8-12-24/h6-9,11-14,16-19,21,29H,5,10,15,20,22-23H2,1-4H3,(H,32,36)/t29-/m1/s1. The molecule has 1 atom stereocenters. The molecule has 0 spiro atoms. The predicted molar refractivity (Wildman–Crippen MR) is 161 cm³/mol. The van der Waals surface area contributed by atoms with Gasteiger partial charge in [-0.15, -0.1) is 0 Å². The third kappa shape index (κ3) is 9.24. The minimum Gasteiger partial charge on any atom is -0.497 e. The maximum atomic E-state index is 13.8. The molecule has 0 fully saturated rings. The Morgan fingerprint density at radius 2 is 1.61 bits per heavy atom. The summed E-state index contributed by atoms with van der Waals surface area (Å²) >= 11 is 0. The van der Waals surface area contributed by atoms with E-state index in [0.29, 0.717) is 30.2 Å². The van der Waals surface area contributed by atoms with E-state index in [0.717, 1.165) is 17.4 Å². The van der Waals surface area contributed by atoms with E-state index in [9.17, 15) is 18.0 Å². The van der Waals surface area contributed by atoms with Crippen molar-refractivity contribution < 1.29 is 27.5 Å². The number of hydrogen-bond acceptors (Lipinski definition) is 6. The highest BCUT2D eigenvalue weighted by molar-refractivity contribution is 7.92. The monoisotopic (exact) mass is 581 g/mol. The first-order valence-corrected chi connectivity index (χ1v) is 15.4. The summed E-state index contributed by atoms with van der Waals surface area (Å²) in [7, 11) is -0.479. The molecule has 2 amide bonds. The van der Waals surface area contributed by atoms with E-state index in [1.807, 2.05) is 61.5 Å². The van der Waals surface area contributed by atoms with Crippen molar-refractivity contribution in [2.24, 2.45) is 0 Å². The Morgan fingerprint density at radius 3 is 2.22 bits per heavy atom. The first-order chi connectivity index (χ1) is 19.7. The second-order valence-corrected chi connectivity index (χ2v) is 11.5. The number of likely N-dealkylation sites (N-methyl/N-ethyl adjacent to an activating group) is 1. The summed E-state index contributed by atoms with van der Waals surface area (Å²) in [5.74, 6) is 0.759. The van der Waals surface area contributed by atoms with Crippen molar-refractivity contribution >= 4 is 27.5 Å². The lowest BCUT2D eigenvalue weighted by molar-refractivity contribution is -0.141. The number of anilines is 1. The van der Waals surface area contributed by atoms with Crippen molar-refractivity contribution in [2.75, 3.05) is 37.9 Å². The van der Waals surface area contributed by atoms with Crippen LogP contribution < -0.4 is 19.1 Å². The zero-order valence-electron chi connectivity index (χ0n) is 24.1. The minimum absolute atomic E-state index is 0.0509. The molecule has 0 aliphatic rings. The Hall–Kier alpha value is -4.05. The van der Waals surface area contributed by atoms with Gasteiger partial charge in [0.05, 0.1) is 25.7 Å². The molecule has 9 nitrogen and oxygen atoms in total. The van der Waals surface area contributed by atoms with Crippen LogP contribution in [0.2, 0.25) is 0 Å². The van der Waals surface area contributed by atoms with Crippen LogP contribution in [0.25, 0.3) is 0 Å². The van der Waals surface area contributed by atoms with Gasteiger partial charge in [-0.2, -0.15) is 0 Å². The molecule has 0 radical (unpaired) electrons. The van der Waals surface area contributed by atoms with Crippen molar-refractivity contribution in [1.29, 1.82) is 0 Å². The van der Waals surface area contributed by atoms with Crippen molar-refractivity contribution in [3.63, 3.8) is 0 Å². The Labute approximate surface area is 243 Å². The molecule has 0 heterocycles. The summed E-state index contributed by atoms with van der Waals surface area (Å²) in [5, 5.41) is 2.70. The van der Waals surface area contributed by atoms with Crippen LogP contribution in [0, 0.1) is 0 Å². The smallest absolute Gasteiger partial charge is 0.242 e. The largest absolute Gasteiger partial charge is 0.497 e. The van der Waals surface area contributed by atoms with Crippen molar-refractivity contribution in [2.45, 2.75) is 38.8 Å². The van der Waals surface area contributed by atoms with Gasteiger partial charge in [-0.1, -0.05) is 42.5 Å². The SMILES string of the molecule is CCOc1ccc(N(CCCC(=O)N(Cc2cccc(OC)c2)[C@H](Cc2ccccc2)C(=O)NC)S(C)(=O)=O)cc1. The zero-order chi connectivity index (χ0) is 29.8. The molecule has 220 valence electrons. The van der Waals surface area contributed by atoms with Gasteiger partial charge >= 0.3 is 0 Å². The van der Waals surface area contributed by atoms with E-state index in [2.05, 4.69) is 5.32 Å². The van der Waals surface area contributed by atoms with Crippen molar-refractivity contribution in [3.8, 4) is 11.5 Å². The lowest BCUT2D eigenvalue weighted by atomic mass is 10.0. The average Bonchev–Trinajstić information content (AvgIpc) is 2.97. The maximum Gasteiger partial charge on any atom is 0.242 e. The summed E-state index contributed by atoms with van der Waals surface area (Å²) in [6.45, 7) is 2.68. The molecular formula is C31H39N3O6S. The minimum atomic E-state index is -3.60. The number of amides is 2. The molecular weight excluding hydrogens is 542 g/mol. The summed E-state index contributed by atoms with van der Waals surface area (Å²) in [5.41, 5.74) is 2.22. The number of nitrogens with zero attached hydrogens (tertiary/aromatic N) is 2. The highest BCUT2D eigenvalue weighted by atomic mass is 32.2. The van der Waals surface area contributed by atoms with E-state index in [1.165, 1.54) is 4.31 Å². The highest BCUT2D eigenvalue weighted by Gasteiger charge is 2.30. The fourth-order valence-electron chi connectivity index (χ4n) is 4.57. The van der Waals surface area contributed by atoms with Crippen LogP contribution in [-0.2, 0) is 32.6 Å². The molecule has 41 heavy (non-hydrogen) atoms. The van der Waals surface area contributed by atoms with E-state index in [1.54, 1.807) is 43.3 Å². The van der Waals surface area contributed by atoms with Crippen LogP contribution in [-0.4, -0.2) is 64.7 Å². The number of hydrogen-bond donors (Lipinski definition) is 1. The fraction of sp³-hybridized carbons (Fsp3) is 0.355. The molecule has 0 aliphatic heterocycles. The average molecular weight is 582 g/mol. The van der Waals surface area contributed by atoms with Gasteiger partial charge in [0.1, 0.15) is 17.5 Å². The van der Waals surface area contributed by atoms with Gasteiger partial charge < -0.3 is 19.7 Å². The van der Waals surface area contributed by atoms with E-state index in [4.69, 9.17) is 9.47 Å². The second kappa shape index (κ2) is 15.1. The van der Waals surface area contributed by atoms with Crippen molar-refractivity contribution in [3.05, 3.63) is 90.0 Å². The van der Waals surface area contributed by atoms with Crippen LogP contribution in [0.15, 0.2) is 78.9 Å². The number of ether oxygens (including phenoxy) is 2. The number of methoxy groups -OCH3 is 1. The third-order valence-electron chi connectivity index (χ3n) is 6.59. The normalized spacial score (nSPS) is 11.8. The van der Waals surface area contributed by atoms with Gasteiger partial charge in [0.25, 0.3) is 0 Å². The van der Waals surface area contributed by atoms with Gasteiger partial charge in [-0.25, -0.2) is 8.42 Å². The zero-order valence-corrected chi connectivity index (χ0v) is 24.9. The van der Waals surface area contributed by atoms with Crippen LogP contribution in [0.4, 0.5) is 5.69 Å². The van der Waals surface area contributed by atoms with Gasteiger partial charge in [0.2, 0.25) is 21.8 Å². The Kier molecular flexibility index (Phi) is 11.6. The number of rotatable bonds is 15. The summed E-state index contributed by atoms with van der Waals surface area (Å²) in [4.78, 5) is 28.5. The summed E-state index contributed by atoms with van der Waals surface area (Å²) < 4.78 is 37.4. The van der Waals surface area contributed by atoms with E-state index in [-0.39, 0.29) is 37.7 Å². The van der Waals surface area contributed by atoms with Crippen molar-refractivity contribution in [1.82, 2.24) is 10.2 Å². The number of carbonyl (C=O) groups excluding carboxylic acids is 2. The van der Waals surface area contributed by atoms with Crippen LogP contribution in [0.5, 0.6) is 11.5 Å². The van der Waals surface area contributed by atoms with Gasteiger partial charge in [-0.05, 0) is 60.9 Å². The third-order valence-corrected chi connectivity index (χ3v) is 7.79. The molecule has 10 heteroatoms. The molecule has 0 saturated heterocycles. The Morgan fingerprint density at radius 1 is 0.927 bits per heavy atom. The summed E-state index contributed by atoms with van der Waals surface area (Å²) in [6, 6.07) is 22.9. The molecule has 3 aromatic carbocycles. The maximum absolute atomic E-state index is 13.8. The first-order valence-electron chi connectivity index (χ1n) is 13.5. The molecule has 1 N–H and O–H groups in total. The van der Waals surface area contributed by atoms with Crippen LogP contribution in [0.1, 0.15) is 30.9 Å². The topological polar surface area (TPSA) is 105 Å². The molecule has 3 aromatic rings. The van der Waals surface area contributed by atoms with Gasteiger partial charge in [-0.3, -0.25) is 13.9 Å². The number of benzene rings is 3. The molecule has 3 rings (SSSR count). The van der Waals surface area contributed by atoms with E-state index >= 15 is 0 Å². The molecule has 0 aliphatic carbocycles. The second-order valence-electron chi connectivity index (χ2n) is 9.56. The quantitative estimate of drug-likeness (QED) is 0.291. The summed E-state index contributed by atoms with van der Waals surface area (Å²) in [6.07, 6.45) is 1.79. The van der Waals surface area contributed by atoms with Gasteiger partial charge in [0.15, 0.2) is 0 Å². The number of carbonyl (C=O) groups is 2. The molecule has 0 saturated carbocycles.